The van der Waals surface area contributed by atoms with Crippen LogP contribution in [0, 0.1) is 0 Å². The SMILES string of the molecule is CCOc1ccc(C=NNC(=O)c2cc(C(C)(C)C)[nH]n2)cc1OC. The molecule has 2 rings (SSSR count). The van der Waals surface area contributed by atoms with E-state index in [0.29, 0.717) is 23.8 Å². The third-order valence-corrected chi connectivity index (χ3v) is 3.49. The number of benzene rings is 1. The van der Waals surface area contributed by atoms with E-state index >= 15 is 0 Å². The quantitative estimate of drug-likeness (QED) is 0.623. The Hall–Kier alpha value is -2.83. The van der Waals surface area contributed by atoms with Crippen LogP contribution < -0.4 is 14.9 Å². The van der Waals surface area contributed by atoms with Gasteiger partial charge in [0.15, 0.2) is 17.2 Å². The van der Waals surface area contributed by atoms with Gasteiger partial charge in [-0.2, -0.15) is 10.2 Å². The van der Waals surface area contributed by atoms with E-state index in [2.05, 4.69) is 20.7 Å². The highest BCUT2D eigenvalue weighted by molar-refractivity contribution is 5.93. The third-order valence-electron chi connectivity index (χ3n) is 3.49. The Balaban J connectivity index is 2.03. The van der Waals surface area contributed by atoms with Crippen LogP contribution in [0.1, 0.15) is 49.4 Å². The second kappa shape index (κ2) is 7.83. The molecule has 1 aromatic carbocycles. The number of ether oxygens (including phenoxy) is 2. The van der Waals surface area contributed by atoms with Gasteiger partial charge in [0.1, 0.15) is 0 Å². The fraction of sp³-hybridized carbons (Fsp3) is 0.389. The van der Waals surface area contributed by atoms with Crippen molar-refractivity contribution in [2.24, 2.45) is 5.10 Å². The topological polar surface area (TPSA) is 88.6 Å². The van der Waals surface area contributed by atoms with Gasteiger partial charge in [0, 0.05) is 11.1 Å². The molecule has 1 aromatic heterocycles. The average Bonchev–Trinajstić information content (AvgIpc) is 3.06. The Morgan fingerprint density at radius 3 is 2.68 bits per heavy atom. The summed E-state index contributed by atoms with van der Waals surface area (Å²) < 4.78 is 10.7. The number of hydrazone groups is 1. The zero-order valence-electron chi connectivity index (χ0n) is 15.2. The summed E-state index contributed by atoms with van der Waals surface area (Å²) >= 11 is 0. The molecule has 134 valence electrons. The van der Waals surface area contributed by atoms with Crippen LogP contribution in [0.15, 0.2) is 29.4 Å². The molecule has 0 bridgehead atoms. The van der Waals surface area contributed by atoms with Gasteiger partial charge in [0.2, 0.25) is 0 Å². The summed E-state index contributed by atoms with van der Waals surface area (Å²) in [6.07, 6.45) is 1.54. The van der Waals surface area contributed by atoms with E-state index < -0.39 is 0 Å². The number of nitrogens with one attached hydrogen (secondary N) is 2. The van der Waals surface area contributed by atoms with E-state index in [4.69, 9.17) is 9.47 Å². The van der Waals surface area contributed by atoms with Crippen LogP contribution in [0.4, 0.5) is 0 Å². The Kier molecular flexibility index (Phi) is 5.80. The zero-order valence-corrected chi connectivity index (χ0v) is 15.2. The van der Waals surface area contributed by atoms with Gasteiger partial charge in [-0.05, 0) is 36.8 Å². The second-order valence-electron chi connectivity index (χ2n) is 6.46. The van der Waals surface area contributed by atoms with Gasteiger partial charge in [0.05, 0.1) is 19.9 Å². The molecule has 1 heterocycles. The highest BCUT2D eigenvalue weighted by atomic mass is 16.5. The van der Waals surface area contributed by atoms with Gasteiger partial charge in [-0.1, -0.05) is 20.8 Å². The second-order valence-corrected chi connectivity index (χ2v) is 6.46. The molecule has 2 aromatic rings. The molecule has 0 aliphatic carbocycles. The predicted octanol–water partition coefficient (Wildman–Crippen LogP) is 2.88. The van der Waals surface area contributed by atoms with Crippen molar-refractivity contribution in [2.75, 3.05) is 13.7 Å². The summed E-state index contributed by atoms with van der Waals surface area (Å²) in [5.41, 5.74) is 4.32. The molecule has 2 N–H and O–H groups in total. The molecule has 1 amide bonds. The van der Waals surface area contributed by atoms with Gasteiger partial charge in [0.25, 0.3) is 5.91 Å². The fourth-order valence-electron chi connectivity index (χ4n) is 2.08. The van der Waals surface area contributed by atoms with Crippen LogP contribution in [0.25, 0.3) is 0 Å². The maximum Gasteiger partial charge on any atom is 0.291 e. The third kappa shape index (κ3) is 4.82. The number of aromatic nitrogens is 2. The molecule has 7 heteroatoms. The highest BCUT2D eigenvalue weighted by Crippen LogP contribution is 2.27. The van der Waals surface area contributed by atoms with E-state index in [1.54, 1.807) is 25.3 Å². The van der Waals surface area contributed by atoms with E-state index in [1.807, 2.05) is 33.8 Å². The number of methoxy groups -OCH3 is 1. The summed E-state index contributed by atoms with van der Waals surface area (Å²) in [4.78, 5) is 12.1. The van der Waals surface area contributed by atoms with Crippen molar-refractivity contribution in [1.29, 1.82) is 0 Å². The molecule has 0 radical (unpaired) electrons. The molecule has 0 unspecified atom stereocenters. The first-order chi connectivity index (χ1) is 11.8. The van der Waals surface area contributed by atoms with E-state index in [-0.39, 0.29) is 11.3 Å². The Morgan fingerprint density at radius 2 is 2.08 bits per heavy atom. The number of H-pyrrole nitrogens is 1. The van der Waals surface area contributed by atoms with E-state index in [1.165, 1.54) is 6.21 Å². The molecule has 0 spiro atoms. The van der Waals surface area contributed by atoms with Gasteiger partial charge < -0.3 is 9.47 Å². The molecule has 25 heavy (non-hydrogen) atoms. The van der Waals surface area contributed by atoms with Crippen molar-refractivity contribution in [3.8, 4) is 11.5 Å². The number of aromatic amines is 1. The fourth-order valence-corrected chi connectivity index (χ4v) is 2.08. The molecule has 0 saturated carbocycles. The molecule has 0 aliphatic rings. The number of amides is 1. The molecule has 0 fully saturated rings. The lowest BCUT2D eigenvalue weighted by Gasteiger charge is -2.14. The molecule has 0 aliphatic heterocycles. The van der Waals surface area contributed by atoms with Crippen LogP contribution >= 0.6 is 0 Å². The summed E-state index contributed by atoms with van der Waals surface area (Å²) in [6.45, 7) is 8.59. The first kappa shape index (κ1) is 18.5. The van der Waals surface area contributed by atoms with Crippen LogP contribution in [0.3, 0.4) is 0 Å². The molecule has 7 nitrogen and oxygen atoms in total. The lowest BCUT2D eigenvalue weighted by molar-refractivity contribution is 0.0950. The Morgan fingerprint density at radius 1 is 1.32 bits per heavy atom. The minimum atomic E-state index is -0.374. The smallest absolute Gasteiger partial charge is 0.291 e. The molecule has 0 atom stereocenters. The van der Waals surface area contributed by atoms with Crippen molar-refractivity contribution in [3.05, 3.63) is 41.2 Å². The maximum absolute atomic E-state index is 12.1. The van der Waals surface area contributed by atoms with E-state index in [9.17, 15) is 4.79 Å². The maximum atomic E-state index is 12.1. The van der Waals surface area contributed by atoms with Gasteiger partial charge in [-0.3, -0.25) is 9.89 Å². The van der Waals surface area contributed by atoms with Crippen LogP contribution in [-0.2, 0) is 5.41 Å². The zero-order chi connectivity index (χ0) is 18.4. The lowest BCUT2D eigenvalue weighted by Crippen LogP contribution is -2.18. The van der Waals surface area contributed by atoms with Crippen LogP contribution in [0.5, 0.6) is 11.5 Å². The minimum Gasteiger partial charge on any atom is -0.493 e. The Labute approximate surface area is 147 Å². The van der Waals surface area contributed by atoms with Crippen molar-refractivity contribution in [3.63, 3.8) is 0 Å². The summed E-state index contributed by atoms with van der Waals surface area (Å²) in [7, 11) is 1.57. The van der Waals surface area contributed by atoms with Crippen molar-refractivity contribution < 1.29 is 14.3 Å². The van der Waals surface area contributed by atoms with Crippen molar-refractivity contribution >= 4 is 12.1 Å². The number of hydrogen-bond acceptors (Lipinski definition) is 5. The number of rotatable bonds is 6. The summed E-state index contributed by atoms with van der Waals surface area (Å²) in [5.74, 6) is 0.901. The van der Waals surface area contributed by atoms with Crippen molar-refractivity contribution in [2.45, 2.75) is 33.1 Å². The largest absolute Gasteiger partial charge is 0.493 e. The Bertz CT molecular complexity index is 760. The first-order valence-corrected chi connectivity index (χ1v) is 8.05. The summed E-state index contributed by atoms with van der Waals surface area (Å²) in [5, 5.41) is 10.9. The first-order valence-electron chi connectivity index (χ1n) is 8.05. The monoisotopic (exact) mass is 344 g/mol. The minimum absolute atomic E-state index is 0.104. The highest BCUT2D eigenvalue weighted by Gasteiger charge is 2.19. The lowest BCUT2D eigenvalue weighted by atomic mass is 9.92. The number of hydrogen-bond donors (Lipinski definition) is 2. The summed E-state index contributed by atoms with van der Waals surface area (Å²) in [6, 6.07) is 7.14. The van der Waals surface area contributed by atoms with Crippen LogP contribution in [0.2, 0.25) is 0 Å². The molecular weight excluding hydrogens is 320 g/mol. The van der Waals surface area contributed by atoms with Gasteiger partial charge in [-0.25, -0.2) is 5.43 Å². The standard InChI is InChI=1S/C18H24N4O3/c1-6-25-14-8-7-12(9-15(14)24-5)11-19-22-17(23)13-10-16(21-20-13)18(2,3)4/h7-11H,6H2,1-5H3,(H,20,21)(H,22,23). The molecule has 0 saturated heterocycles. The van der Waals surface area contributed by atoms with Crippen molar-refractivity contribution in [1.82, 2.24) is 15.6 Å². The van der Waals surface area contributed by atoms with Crippen LogP contribution in [-0.4, -0.2) is 36.0 Å². The number of carbonyl (C=O) groups is 1. The molecular formula is C18H24N4O3. The average molecular weight is 344 g/mol. The number of nitrogens with zero attached hydrogens (tertiary/aromatic N) is 2. The predicted molar refractivity (Wildman–Crippen MR) is 96.5 cm³/mol. The van der Waals surface area contributed by atoms with Gasteiger partial charge in [-0.15, -0.1) is 0 Å². The van der Waals surface area contributed by atoms with E-state index in [0.717, 1.165) is 11.3 Å². The number of carbonyl (C=O) groups excluding carboxylic acids is 1. The van der Waals surface area contributed by atoms with Gasteiger partial charge >= 0.3 is 0 Å². The normalized spacial score (nSPS) is 11.6.